The minimum atomic E-state index is -0.612. The molecule has 6 nitrogen and oxygen atoms in total. The number of carbonyl (C=O) groups excluding carboxylic acids is 1. The summed E-state index contributed by atoms with van der Waals surface area (Å²) in [6, 6.07) is 24.9. The lowest BCUT2D eigenvalue weighted by molar-refractivity contribution is -0.0948. The number of hydrogen-bond acceptors (Lipinski definition) is 7. The molecule has 6 rings (SSSR count). The van der Waals surface area contributed by atoms with Crippen LogP contribution in [0.25, 0.3) is 10.4 Å². The summed E-state index contributed by atoms with van der Waals surface area (Å²) in [6.07, 6.45) is 13.0. The van der Waals surface area contributed by atoms with Crippen LogP contribution >= 0.6 is 11.3 Å². The zero-order chi connectivity index (χ0) is 33.6. The maximum Gasteiger partial charge on any atom is 0.251 e. The SMILES string of the molecule is CCCCC1(CCCC)Oc2ccc(N(c3ccc(-c4ccc(C=O)s4)cc3)c3ccc4c(c3)OC(CCCC)(CCCC)O4)cc2O1. The van der Waals surface area contributed by atoms with Crippen LogP contribution in [-0.4, -0.2) is 17.9 Å². The average molecular weight is 668 g/mol. The Kier molecular flexibility index (Phi) is 10.6. The molecule has 3 aromatic carbocycles. The Morgan fingerprint density at radius 2 is 1.00 bits per heavy atom. The summed E-state index contributed by atoms with van der Waals surface area (Å²) >= 11 is 1.50. The van der Waals surface area contributed by atoms with E-state index in [4.69, 9.17) is 18.9 Å². The normalized spacial score (nSPS) is 15.1. The van der Waals surface area contributed by atoms with Crippen LogP contribution in [0.1, 0.15) is 114 Å². The zero-order valence-electron chi connectivity index (χ0n) is 28.9. The number of carbonyl (C=O) groups is 1. The standard InChI is InChI=1S/C41H49NO5S/c1-5-9-23-40(24-10-6-2)44-35-20-17-32(27-37(35)46-40)42(31-15-13-30(14-16-31)39-22-19-34(29-43)48-39)33-18-21-36-38(28-33)47-41(45-36,25-11-7-3)26-12-8-4/h13-22,27-29H,5-12,23-26H2,1-4H3. The number of aldehydes is 1. The van der Waals surface area contributed by atoms with Gasteiger partial charge in [0.25, 0.3) is 11.6 Å². The molecule has 0 bridgehead atoms. The van der Waals surface area contributed by atoms with E-state index in [1.807, 2.05) is 24.3 Å². The first-order valence-electron chi connectivity index (χ1n) is 17.9. The van der Waals surface area contributed by atoms with Gasteiger partial charge in [-0.05, 0) is 79.8 Å². The fourth-order valence-corrected chi connectivity index (χ4v) is 7.51. The van der Waals surface area contributed by atoms with Gasteiger partial charge in [0.2, 0.25) is 0 Å². The van der Waals surface area contributed by atoms with Gasteiger partial charge in [-0.1, -0.05) is 65.5 Å². The van der Waals surface area contributed by atoms with E-state index in [0.29, 0.717) is 0 Å². The number of benzene rings is 3. The molecule has 0 atom stereocenters. The van der Waals surface area contributed by atoms with Gasteiger partial charge in [0.15, 0.2) is 29.3 Å². The summed E-state index contributed by atoms with van der Waals surface area (Å²) in [5, 5.41) is 0. The molecule has 3 heterocycles. The second kappa shape index (κ2) is 15.1. The maximum absolute atomic E-state index is 11.3. The summed E-state index contributed by atoms with van der Waals surface area (Å²) in [5.74, 6) is 1.93. The number of anilines is 3. The minimum Gasteiger partial charge on any atom is -0.448 e. The molecular formula is C41H49NO5S. The number of ether oxygens (including phenoxy) is 4. The highest BCUT2D eigenvalue weighted by atomic mass is 32.1. The number of unbranched alkanes of at least 4 members (excludes halogenated alkanes) is 4. The molecule has 0 saturated heterocycles. The van der Waals surface area contributed by atoms with Gasteiger partial charge in [-0.3, -0.25) is 4.79 Å². The highest BCUT2D eigenvalue weighted by Gasteiger charge is 2.42. The van der Waals surface area contributed by atoms with Crippen molar-refractivity contribution >= 4 is 34.7 Å². The van der Waals surface area contributed by atoms with Crippen LogP contribution < -0.4 is 23.8 Å². The van der Waals surface area contributed by atoms with E-state index >= 15 is 0 Å². The Balaban J connectivity index is 1.37. The fourth-order valence-electron chi connectivity index (χ4n) is 6.68. The molecule has 0 saturated carbocycles. The van der Waals surface area contributed by atoms with Gasteiger partial charge in [0.05, 0.1) is 16.3 Å². The molecule has 0 amide bonds. The lowest BCUT2D eigenvalue weighted by Gasteiger charge is -2.28. The van der Waals surface area contributed by atoms with Crippen molar-refractivity contribution in [2.75, 3.05) is 4.90 Å². The Bertz CT molecular complexity index is 1580. The number of fused-ring (bicyclic) bond motifs is 2. The molecule has 0 unspecified atom stereocenters. The van der Waals surface area contributed by atoms with E-state index in [9.17, 15) is 4.79 Å². The number of hydrogen-bond donors (Lipinski definition) is 0. The van der Waals surface area contributed by atoms with Crippen molar-refractivity contribution in [2.24, 2.45) is 0 Å². The van der Waals surface area contributed by atoms with Gasteiger partial charge in [0.1, 0.15) is 0 Å². The molecule has 4 aromatic rings. The van der Waals surface area contributed by atoms with Crippen molar-refractivity contribution in [2.45, 2.75) is 116 Å². The number of thiophene rings is 1. The molecule has 2 aliphatic heterocycles. The average Bonchev–Trinajstić information content (AvgIpc) is 3.84. The molecule has 254 valence electrons. The summed E-state index contributed by atoms with van der Waals surface area (Å²) < 4.78 is 26.5. The monoisotopic (exact) mass is 667 g/mol. The summed E-state index contributed by atoms with van der Waals surface area (Å²) in [5.41, 5.74) is 4.00. The largest absolute Gasteiger partial charge is 0.448 e. The zero-order valence-corrected chi connectivity index (χ0v) is 29.7. The summed E-state index contributed by atoms with van der Waals surface area (Å²) in [7, 11) is 0. The summed E-state index contributed by atoms with van der Waals surface area (Å²) in [4.78, 5) is 15.3. The van der Waals surface area contributed by atoms with E-state index < -0.39 is 11.6 Å². The Hall–Kier alpha value is -3.97. The van der Waals surface area contributed by atoms with E-state index in [-0.39, 0.29) is 0 Å². The van der Waals surface area contributed by atoms with Gasteiger partial charge in [-0.25, -0.2) is 0 Å². The van der Waals surface area contributed by atoms with E-state index in [0.717, 1.165) is 139 Å². The molecule has 2 aliphatic rings. The first-order chi connectivity index (χ1) is 23.4. The van der Waals surface area contributed by atoms with Gasteiger partial charge >= 0.3 is 0 Å². The van der Waals surface area contributed by atoms with E-state index in [2.05, 4.69) is 81.1 Å². The Labute approximate surface area is 290 Å². The molecule has 0 N–H and O–H groups in total. The van der Waals surface area contributed by atoms with Crippen LogP contribution in [0.2, 0.25) is 0 Å². The highest BCUT2D eigenvalue weighted by molar-refractivity contribution is 7.17. The van der Waals surface area contributed by atoms with Crippen LogP contribution in [0.5, 0.6) is 23.0 Å². The molecular weight excluding hydrogens is 619 g/mol. The lowest BCUT2D eigenvalue weighted by Crippen LogP contribution is -2.38. The Morgan fingerprint density at radius 1 is 0.562 bits per heavy atom. The maximum atomic E-state index is 11.3. The first-order valence-corrected chi connectivity index (χ1v) is 18.8. The van der Waals surface area contributed by atoms with Crippen LogP contribution in [0.15, 0.2) is 72.8 Å². The van der Waals surface area contributed by atoms with E-state index in [1.165, 1.54) is 11.3 Å². The predicted octanol–water partition coefficient (Wildman–Crippen LogP) is 12.4. The lowest BCUT2D eigenvalue weighted by atomic mass is 10.0. The van der Waals surface area contributed by atoms with Crippen LogP contribution in [0, 0.1) is 0 Å². The van der Waals surface area contributed by atoms with Gasteiger partial charge < -0.3 is 23.8 Å². The fraction of sp³-hybridized carbons (Fsp3) is 0.439. The summed E-state index contributed by atoms with van der Waals surface area (Å²) in [6.45, 7) is 8.83. The molecule has 7 heteroatoms. The Morgan fingerprint density at radius 3 is 1.42 bits per heavy atom. The quantitative estimate of drug-likeness (QED) is 0.104. The van der Waals surface area contributed by atoms with Crippen molar-refractivity contribution < 1.29 is 23.7 Å². The van der Waals surface area contributed by atoms with Gasteiger partial charge in [-0.15, -0.1) is 11.3 Å². The minimum absolute atomic E-state index is 0.612. The second-order valence-electron chi connectivity index (χ2n) is 13.1. The van der Waals surface area contributed by atoms with Crippen molar-refractivity contribution in [3.63, 3.8) is 0 Å². The van der Waals surface area contributed by atoms with Crippen molar-refractivity contribution in [3.05, 3.63) is 77.7 Å². The molecule has 48 heavy (non-hydrogen) atoms. The second-order valence-corrected chi connectivity index (χ2v) is 14.2. The number of nitrogens with zero attached hydrogens (tertiary/aromatic N) is 1. The molecule has 0 fully saturated rings. The highest BCUT2D eigenvalue weighted by Crippen LogP contribution is 2.50. The third kappa shape index (κ3) is 7.21. The van der Waals surface area contributed by atoms with Gasteiger partial charge in [-0.2, -0.15) is 0 Å². The predicted molar refractivity (Wildman–Crippen MR) is 196 cm³/mol. The molecule has 0 aliphatic carbocycles. The molecule has 0 radical (unpaired) electrons. The van der Waals surface area contributed by atoms with Gasteiger partial charge in [0, 0.05) is 48.4 Å². The van der Waals surface area contributed by atoms with Crippen molar-refractivity contribution in [1.29, 1.82) is 0 Å². The third-order valence-electron chi connectivity index (χ3n) is 9.35. The van der Waals surface area contributed by atoms with E-state index in [1.54, 1.807) is 0 Å². The van der Waals surface area contributed by atoms with Crippen molar-refractivity contribution in [3.8, 4) is 33.4 Å². The number of rotatable bonds is 17. The topological polar surface area (TPSA) is 57.2 Å². The van der Waals surface area contributed by atoms with Crippen molar-refractivity contribution in [1.82, 2.24) is 0 Å². The smallest absolute Gasteiger partial charge is 0.251 e. The molecule has 0 spiro atoms. The van der Waals surface area contributed by atoms with Crippen LogP contribution in [0.4, 0.5) is 17.1 Å². The van der Waals surface area contributed by atoms with Crippen LogP contribution in [0.3, 0.4) is 0 Å². The molecule has 1 aromatic heterocycles. The van der Waals surface area contributed by atoms with Crippen LogP contribution in [-0.2, 0) is 0 Å². The third-order valence-corrected chi connectivity index (χ3v) is 10.4. The first kappa shape index (κ1) is 33.9.